The van der Waals surface area contributed by atoms with E-state index in [0.29, 0.717) is 12.1 Å². The average molecular weight is 287 g/mol. The molecule has 0 aliphatic heterocycles. The van der Waals surface area contributed by atoms with Crippen molar-refractivity contribution in [3.8, 4) is 0 Å². The van der Waals surface area contributed by atoms with Gasteiger partial charge in [-0.3, -0.25) is 0 Å². The van der Waals surface area contributed by atoms with E-state index < -0.39 is 0 Å². The molecule has 1 N–H and O–H groups in total. The quantitative estimate of drug-likeness (QED) is 0.789. The zero-order valence-corrected chi connectivity index (χ0v) is 14.5. The first-order chi connectivity index (χ1) is 9.90. The molecule has 0 radical (unpaired) electrons. The molecule has 1 fully saturated rings. The largest absolute Gasteiger partial charge is 0.311 e. The van der Waals surface area contributed by atoms with Crippen LogP contribution in [0.25, 0.3) is 0 Å². The fourth-order valence-electron chi connectivity index (χ4n) is 4.01. The van der Waals surface area contributed by atoms with Crippen molar-refractivity contribution in [2.75, 3.05) is 0 Å². The summed E-state index contributed by atoms with van der Waals surface area (Å²) in [6.07, 6.45) is 5.33. The third kappa shape index (κ3) is 4.32. The molecule has 0 saturated heterocycles. The van der Waals surface area contributed by atoms with Crippen LogP contribution in [0.4, 0.5) is 0 Å². The zero-order valence-electron chi connectivity index (χ0n) is 14.5. The van der Waals surface area contributed by atoms with Crippen molar-refractivity contribution in [1.29, 1.82) is 0 Å². The summed E-state index contributed by atoms with van der Waals surface area (Å²) in [5.41, 5.74) is 1.68. The molecule has 0 amide bonds. The topological polar surface area (TPSA) is 12.0 Å². The molecule has 118 valence electrons. The average Bonchev–Trinajstić information content (AvgIpc) is 2.44. The lowest BCUT2D eigenvalue weighted by Gasteiger charge is -2.38. The lowest BCUT2D eigenvalue weighted by Crippen LogP contribution is -2.46. The monoisotopic (exact) mass is 287 g/mol. The van der Waals surface area contributed by atoms with Gasteiger partial charge in [0.25, 0.3) is 0 Å². The van der Waals surface area contributed by atoms with E-state index in [1.54, 1.807) is 0 Å². The van der Waals surface area contributed by atoms with E-state index in [0.717, 1.165) is 11.8 Å². The highest BCUT2D eigenvalue weighted by atomic mass is 15.0. The van der Waals surface area contributed by atoms with Crippen LogP contribution < -0.4 is 5.32 Å². The Morgan fingerprint density at radius 1 is 1.14 bits per heavy atom. The van der Waals surface area contributed by atoms with Crippen LogP contribution in [0.5, 0.6) is 0 Å². The lowest BCUT2D eigenvalue weighted by atomic mass is 9.76. The molecule has 4 atom stereocenters. The second-order valence-electron chi connectivity index (χ2n) is 7.90. The summed E-state index contributed by atoms with van der Waals surface area (Å²) < 4.78 is 0. The lowest BCUT2D eigenvalue weighted by molar-refractivity contribution is 0.188. The van der Waals surface area contributed by atoms with E-state index in [1.165, 1.54) is 31.2 Å². The molecule has 1 nitrogen and oxygen atoms in total. The number of rotatable bonds is 5. The second kappa shape index (κ2) is 6.96. The minimum atomic E-state index is 0.233. The van der Waals surface area contributed by atoms with Crippen LogP contribution >= 0.6 is 0 Å². The van der Waals surface area contributed by atoms with E-state index >= 15 is 0 Å². The van der Waals surface area contributed by atoms with Crippen LogP contribution in [0.2, 0.25) is 0 Å². The summed E-state index contributed by atoms with van der Waals surface area (Å²) in [5, 5.41) is 3.92. The van der Waals surface area contributed by atoms with Gasteiger partial charge in [-0.1, -0.05) is 70.9 Å². The Morgan fingerprint density at radius 3 is 2.48 bits per heavy atom. The van der Waals surface area contributed by atoms with Crippen molar-refractivity contribution in [2.24, 2.45) is 11.8 Å². The Morgan fingerprint density at radius 2 is 1.81 bits per heavy atom. The minimum Gasteiger partial charge on any atom is -0.311 e. The van der Waals surface area contributed by atoms with Crippen molar-refractivity contribution in [3.63, 3.8) is 0 Å². The first kappa shape index (κ1) is 16.5. The number of hydrogen-bond donors (Lipinski definition) is 1. The van der Waals surface area contributed by atoms with Crippen molar-refractivity contribution in [3.05, 3.63) is 35.9 Å². The molecule has 1 aliphatic carbocycles. The normalized spacial score (nSPS) is 28.3. The smallest absolute Gasteiger partial charge is 0.00977 e. The van der Waals surface area contributed by atoms with E-state index in [-0.39, 0.29) is 5.41 Å². The van der Waals surface area contributed by atoms with E-state index in [4.69, 9.17) is 0 Å². The summed E-state index contributed by atoms with van der Waals surface area (Å²) in [6, 6.07) is 12.2. The Kier molecular flexibility index (Phi) is 5.48. The second-order valence-corrected chi connectivity index (χ2v) is 7.90. The molecule has 1 heteroatoms. The molecule has 21 heavy (non-hydrogen) atoms. The molecule has 0 heterocycles. The molecular weight excluding hydrogens is 254 g/mol. The van der Waals surface area contributed by atoms with Gasteiger partial charge in [-0.2, -0.15) is 0 Å². The van der Waals surface area contributed by atoms with Crippen LogP contribution in [0.15, 0.2) is 30.3 Å². The Hall–Kier alpha value is -0.820. The summed E-state index contributed by atoms with van der Waals surface area (Å²) in [4.78, 5) is 0. The Labute approximate surface area is 131 Å². The fraction of sp³-hybridized carbons (Fsp3) is 0.700. The molecule has 4 unspecified atom stereocenters. The maximum absolute atomic E-state index is 3.92. The van der Waals surface area contributed by atoms with E-state index in [9.17, 15) is 0 Å². The standard InChI is InChI=1S/C20H33N/c1-15-10-9-13-19(17(15)3)21-16(2)14-20(4,5)18-11-7-6-8-12-18/h6-8,11-12,15-17,19,21H,9-10,13-14H2,1-5H3. The predicted molar refractivity (Wildman–Crippen MR) is 92.6 cm³/mol. The molecule has 1 aliphatic rings. The highest BCUT2D eigenvalue weighted by Gasteiger charge is 2.29. The summed E-state index contributed by atoms with van der Waals surface area (Å²) >= 11 is 0. The van der Waals surface area contributed by atoms with Gasteiger partial charge in [0.2, 0.25) is 0 Å². The number of nitrogens with one attached hydrogen (secondary N) is 1. The maximum Gasteiger partial charge on any atom is 0.00977 e. The van der Waals surface area contributed by atoms with Crippen molar-refractivity contribution >= 4 is 0 Å². The minimum absolute atomic E-state index is 0.233. The van der Waals surface area contributed by atoms with Crippen molar-refractivity contribution < 1.29 is 0 Å². The SMILES string of the molecule is CC(CC(C)(C)c1ccccc1)NC1CCCC(C)C1C. The van der Waals surface area contributed by atoms with Gasteiger partial charge >= 0.3 is 0 Å². The molecule has 1 saturated carbocycles. The first-order valence-corrected chi connectivity index (χ1v) is 8.72. The van der Waals surface area contributed by atoms with Gasteiger partial charge in [0.1, 0.15) is 0 Å². The van der Waals surface area contributed by atoms with Crippen LogP contribution in [0.1, 0.15) is 65.9 Å². The third-order valence-corrected chi connectivity index (χ3v) is 5.58. The van der Waals surface area contributed by atoms with Gasteiger partial charge in [-0.25, -0.2) is 0 Å². The molecule has 1 aromatic rings. The van der Waals surface area contributed by atoms with Gasteiger partial charge in [-0.15, -0.1) is 0 Å². The molecule has 0 bridgehead atoms. The van der Waals surface area contributed by atoms with Gasteiger partial charge in [-0.05, 0) is 42.6 Å². The zero-order chi connectivity index (χ0) is 15.5. The van der Waals surface area contributed by atoms with Crippen LogP contribution in [0.3, 0.4) is 0 Å². The Balaban J connectivity index is 1.93. The molecule has 1 aromatic carbocycles. The first-order valence-electron chi connectivity index (χ1n) is 8.72. The van der Waals surface area contributed by atoms with Gasteiger partial charge < -0.3 is 5.32 Å². The third-order valence-electron chi connectivity index (χ3n) is 5.58. The Bertz CT molecular complexity index is 423. The molecule has 0 aromatic heterocycles. The van der Waals surface area contributed by atoms with Crippen LogP contribution in [0, 0.1) is 11.8 Å². The summed E-state index contributed by atoms with van der Waals surface area (Å²) in [6.45, 7) is 11.9. The highest BCUT2D eigenvalue weighted by molar-refractivity contribution is 5.23. The highest BCUT2D eigenvalue weighted by Crippen LogP contribution is 2.32. The van der Waals surface area contributed by atoms with Crippen molar-refractivity contribution in [2.45, 2.75) is 77.8 Å². The number of benzene rings is 1. The molecule has 0 spiro atoms. The van der Waals surface area contributed by atoms with Gasteiger partial charge in [0.15, 0.2) is 0 Å². The van der Waals surface area contributed by atoms with Crippen LogP contribution in [-0.4, -0.2) is 12.1 Å². The summed E-state index contributed by atoms with van der Waals surface area (Å²) in [5.74, 6) is 1.67. The molecular formula is C20H33N. The maximum atomic E-state index is 3.92. The number of hydrogen-bond acceptors (Lipinski definition) is 1. The molecule has 2 rings (SSSR count). The van der Waals surface area contributed by atoms with Crippen molar-refractivity contribution in [1.82, 2.24) is 5.32 Å². The van der Waals surface area contributed by atoms with Gasteiger partial charge in [0.05, 0.1) is 0 Å². The van der Waals surface area contributed by atoms with E-state index in [1.807, 2.05) is 0 Å². The van der Waals surface area contributed by atoms with Crippen LogP contribution in [-0.2, 0) is 5.41 Å². The fourth-order valence-corrected chi connectivity index (χ4v) is 4.01. The van der Waals surface area contributed by atoms with Gasteiger partial charge in [0, 0.05) is 12.1 Å². The van der Waals surface area contributed by atoms with E-state index in [2.05, 4.69) is 70.3 Å². The predicted octanol–water partition coefficient (Wildman–Crippen LogP) is 5.16. The summed E-state index contributed by atoms with van der Waals surface area (Å²) in [7, 11) is 0.